The van der Waals surface area contributed by atoms with Gasteiger partial charge in [-0.1, -0.05) is 24.3 Å². The van der Waals surface area contributed by atoms with Gasteiger partial charge in [-0.25, -0.2) is 4.98 Å². The summed E-state index contributed by atoms with van der Waals surface area (Å²) in [7, 11) is 1.98. The van der Waals surface area contributed by atoms with Crippen molar-refractivity contribution in [1.82, 2.24) is 29.2 Å². The molecule has 10 heteroatoms. The topological polar surface area (TPSA) is 88.7 Å². The summed E-state index contributed by atoms with van der Waals surface area (Å²) in [6.07, 6.45) is 13.3. The van der Waals surface area contributed by atoms with Crippen molar-refractivity contribution in [2.24, 2.45) is 7.05 Å². The number of hydrogen-bond donors (Lipinski definition) is 0. The maximum absolute atomic E-state index is 13.1. The largest absolute Gasteiger partial charge is 0.334 e. The van der Waals surface area contributed by atoms with Gasteiger partial charge in [0.25, 0.3) is 11.8 Å². The minimum absolute atomic E-state index is 0.153. The maximum atomic E-state index is 13.1. The number of amides is 2. The molecule has 4 saturated heterocycles. The van der Waals surface area contributed by atoms with Crippen molar-refractivity contribution in [3.63, 3.8) is 0 Å². The SMILES string of the molecule is C[C@H]1CCCN1CC1CCCN1C(=O)c1ccc(-c2cc(C#N)cs2)cc1.C[C@H]1CCCN1CC1CCCN1C(=O)c1ccc(-c2nccn2C)cc1. The molecule has 6 heterocycles. The lowest BCUT2D eigenvalue weighted by Gasteiger charge is -2.30. The molecule has 4 fully saturated rings. The second kappa shape index (κ2) is 16.8. The number of rotatable bonds is 8. The lowest BCUT2D eigenvalue weighted by atomic mass is 10.1. The Morgan fingerprint density at radius 3 is 1.70 bits per heavy atom. The molecule has 2 amide bonds. The van der Waals surface area contributed by atoms with E-state index >= 15 is 0 Å². The Labute approximate surface area is 318 Å². The molecule has 2 unspecified atom stereocenters. The monoisotopic (exact) mass is 731 g/mol. The molecule has 4 aromatic rings. The highest BCUT2D eigenvalue weighted by atomic mass is 32.1. The molecule has 2 aromatic heterocycles. The van der Waals surface area contributed by atoms with Gasteiger partial charge in [0, 0.05) is 96.7 Å². The molecule has 4 atom stereocenters. The number of thiophene rings is 1. The zero-order valence-electron chi connectivity index (χ0n) is 31.5. The standard InChI is InChI=1S/C22H25N3OS.C21H28N4O/c1-16-4-2-10-24(16)14-20-5-3-11-25(20)22(26)19-8-6-18(7-9-19)21-12-17(13-23)15-27-21;1-16-5-3-12-24(16)15-19-6-4-13-25(19)21(26)18-9-7-17(8-10-18)20-22-11-14-23(20)2/h6-9,12,15-16,20H,2-5,10-11,14H2,1H3;7-11,14,16,19H,3-6,12-13,15H2,1-2H3/t16-,20?;16-,19?/m00/s1. The highest BCUT2D eigenvalue weighted by Crippen LogP contribution is 2.30. The third-order valence-corrected chi connectivity index (χ3v) is 12.9. The molecule has 9 nitrogen and oxygen atoms in total. The van der Waals surface area contributed by atoms with Crippen molar-refractivity contribution in [3.05, 3.63) is 89.1 Å². The summed E-state index contributed by atoms with van der Waals surface area (Å²) in [6.45, 7) is 10.7. The van der Waals surface area contributed by atoms with E-state index in [1.807, 2.05) is 77.8 Å². The van der Waals surface area contributed by atoms with Gasteiger partial charge in [-0.05, 0) is 114 Å². The van der Waals surface area contributed by atoms with Crippen molar-refractivity contribution < 1.29 is 9.59 Å². The van der Waals surface area contributed by atoms with Gasteiger partial charge in [0.1, 0.15) is 11.9 Å². The van der Waals surface area contributed by atoms with Gasteiger partial charge < -0.3 is 14.4 Å². The van der Waals surface area contributed by atoms with Crippen molar-refractivity contribution in [1.29, 1.82) is 5.26 Å². The van der Waals surface area contributed by atoms with E-state index in [0.29, 0.717) is 29.7 Å². The van der Waals surface area contributed by atoms with Crippen LogP contribution in [0.15, 0.2) is 72.4 Å². The van der Waals surface area contributed by atoms with Gasteiger partial charge in [0.15, 0.2) is 0 Å². The van der Waals surface area contributed by atoms with Crippen LogP contribution in [-0.4, -0.2) is 104 Å². The van der Waals surface area contributed by atoms with E-state index in [2.05, 4.69) is 44.5 Å². The van der Waals surface area contributed by atoms with Gasteiger partial charge in [-0.2, -0.15) is 5.26 Å². The number of imidazole rings is 1. The van der Waals surface area contributed by atoms with Crippen molar-refractivity contribution in [3.8, 4) is 27.9 Å². The van der Waals surface area contributed by atoms with Crippen LogP contribution in [-0.2, 0) is 7.05 Å². The van der Waals surface area contributed by atoms with Crippen LogP contribution in [0.4, 0.5) is 0 Å². The summed E-state index contributed by atoms with van der Waals surface area (Å²) in [5.74, 6) is 1.25. The van der Waals surface area contributed by atoms with E-state index in [4.69, 9.17) is 5.26 Å². The number of hydrogen-bond acceptors (Lipinski definition) is 7. The Bertz CT molecular complexity index is 1890. The van der Waals surface area contributed by atoms with Gasteiger partial charge in [-0.15, -0.1) is 11.3 Å². The first kappa shape index (κ1) is 37.0. The van der Waals surface area contributed by atoms with Crippen molar-refractivity contribution >= 4 is 23.2 Å². The average molecular weight is 732 g/mol. The van der Waals surface area contributed by atoms with Crippen LogP contribution in [0.25, 0.3) is 21.8 Å². The van der Waals surface area contributed by atoms with Crippen LogP contribution in [0.2, 0.25) is 0 Å². The van der Waals surface area contributed by atoms with Crippen LogP contribution in [0, 0.1) is 11.3 Å². The predicted octanol–water partition coefficient (Wildman–Crippen LogP) is 7.55. The molecule has 4 aliphatic heterocycles. The number of nitrogens with zero attached hydrogens (tertiary/aromatic N) is 7. The third kappa shape index (κ3) is 8.43. The molecule has 0 bridgehead atoms. The highest BCUT2D eigenvalue weighted by molar-refractivity contribution is 7.13. The quantitative estimate of drug-likeness (QED) is 0.186. The second-order valence-corrected chi connectivity index (χ2v) is 16.3. The maximum Gasteiger partial charge on any atom is 0.254 e. The summed E-state index contributed by atoms with van der Waals surface area (Å²) >= 11 is 1.56. The number of carbonyl (C=O) groups is 2. The number of aromatic nitrogens is 2. The smallest absolute Gasteiger partial charge is 0.254 e. The fourth-order valence-electron chi connectivity index (χ4n) is 8.72. The van der Waals surface area contributed by atoms with Crippen LogP contribution in [0.5, 0.6) is 0 Å². The normalized spacial score (nSPS) is 23.3. The molecule has 278 valence electrons. The average Bonchev–Trinajstić information content (AvgIpc) is 4.04. The number of aryl methyl sites for hydroxylation is 1. The van der Waals surface area contributed by atoms with Crippen molar-refractivity contribution in [2.75, 3.05) is 39.3 Å². The Kier molecular flexibility index (Phi) is 11.7. The minimum Gasteiger partial charge on any atom is -0.334 e. The molecule has 4 aliphatic rings. The van der Waals surface area contributed by atoms with Gasteiger partial charge in [0.2, 0.25) is 0 Å². The van der Waals surface area contributed by atoms with E-state index in [0.717, 1.165) is 84.8 Å². The predicted molar refractivity (Wildman–Crippen MR) is 212 cm³/mol. The fraction of sp³-hybridized carbons (Fsp3) is 0.488. The van der Waals surface area contributed by atoms with Crippen LogP contribution in [0.1, 0.15) is 91.5 Å². The molecule has 0 radical (unpaired) electrons. The second-order valence-electron chi connectivity index (χ2n) is 15.4. The summed E-state index contributed by atoms with van der Waals surface area (Å²) in [5, 5.41) is 10.8. The van der Waals surface area contributed by atoms with Crippen LogP contribution < -0.4 is 0 Å². The zero-order valence-corrected chi connectivity index (χ0v) is 32.3. The summed E-state index contributed by atoms with van der Waals surface area (Å²) < 4.78 is 1.99. The summed E-state index contributed by atoms with van der Waals surface area (Å²) in [5.41, 5.74) is 4.33. The van der Waals surface area contributed by atoms with E-state index in [1.165, 1.54) is 38.8 Å². The lowest BCUT2D eigenvalue weighted by molar-refractivity contribution is 0.0689. The van der Waals surface area contributed by atoms with E-state index in [9.17, 15) is 9.59 Å². The van der Waals surface area contributed by atoms with Crippen molar-refractivity contribution in [2.45, 2.75) is 89.4 Å². The Morgan fingerprint density at radius 1 is 0.755 bits per heavy atom. The summed E-state index contributed by atoms with van der Waals surface area (Å²) in [4.78, 5) is 40.9. The Morgan fingerprint density at radius 2 is 1.26 bits per heavy atom. The van der Waals surface area contributed by atoms with E-state index in [-0.39, 0.29) is 11.8 Å². The molecule has 0 spiro atoms. The molecule has 0 saturated carbocycles. The third-order valence-electron chi connectivity index (χ3n) is 11.9. The molecular weight excluding hydrogens is 679 g/mol. The molecule has 0 N–H and O–H groups in total. The number of carbonyl (C=O) groups excluding carboxylic acids is 2. The lowest BCUT2D eigenvalue weighted by Crippen LogP contribution is -2.44. The molecule has 0 aliphatic carbocycles. The van der Waals surface area contributed by atoms with E-state index < -0.39 is 0 Å². The number of benzene rings is 2. The fourth-order valence-corrected chi connectivity index (χ4v) is 9.56. The van der Waals surface area contributed by atoms with Gasteiger partial charge in [-0.3, -0.25) is 19.4 Å². The molecule has 8 rings (SSSR count). The van der Waals surface area contributed by atoms with Gasteiger partial charge in [0.05, 0.1) is 5.56 Å². The molecular formula is C43H53N7O2S. The highest BCUT2D eigenvalue weighted by Gasteiger charge is 2.34. The first-order valence-electron chi connectivity index (χ1n) is 19.6. The zero-order chi connectivity index (χ0) is 36.9. The minimum atomic E-state index is 0.153. The van der Waals surface area contributed by atoms with Crippen LogP contribution in [0.3, 0.4) is 0 Å². The first-order valence-corrected chi connectivity index (χ1v) is 20.4. The Balaban J connectivity index is 0.000000164. The van der Waals surface area contributed by atoms with Gasteiger partial charge >= 0.3 is 0 Å². The first-order chi connectivity index (χ1) is 25.8. The summed E-state index contributed by atoms with van der Waals surface area (Å²) in [6, 6.07) is 21.8. The number of nitriles is 1. The Hall–Kier alpha value is -4.30. The number of likely N-dealkylation sites (tertiary alicyclic amines) is 4. The van der Waals surface area contributed by atoms with E-state index in [1.54, 1.807) is 17.5 Å². The molecule has 2 aromatic carbocycles. The molecule has 53 heavy (non-hydrogen) atoms. The van der Waals surface area contributed by atoms with Crippen LogP contribution >= 0.6 is 11.3 Å².